The molecule has 0 saturated heterocycles. The zero-order valence-electron chi connectivity index (χ0n) is 8.92. The summed E-state index contributed by atoms with van der Waals surface area (Å²) in [6.07, 6.45) is 2.05. The first-order valence-electron chi connectivity index (χ1n) is 5.13. The van der Waals surface area contributed by atoms with E-state index < -0.39 is 0 Å². The molecule has 0 bridgehead atoms. The summed E-state index contributed by atoms with van der Waals surface area (Å²) in [4.78, 5) is 4.48. The second kappa shape index (κ2) is 6.11. The van der Waals surface area contributed by atoms with Crippen LogP contribution in [0, 0.1) is 0 Å². The molecule has 0 aliphatic heterocycles. The van der Waals surface area contributed by atoms with Crippen molar-refractivity contribution in [3.63, 3.8) is 0 Å². The number of thiazole rings is 1. The van der Waals surface area contributed by atoms with Crippen LogP contribution in [0.25, 0.3) is 0 Å². The van der Waals surface area contributed by atoms with Crippen LogP contribution in [0.3, 0.4) is 0 Å². The Labute approximate surface area is 89.7 Å². The van der Waals surface area contributed by atoms with Crippen LogP contribution in [0.1, 0.15) is 31.0 Å². The standard InChI is InChI=1S/C10H19N3S/c1-3-8(2)12-6-9-7-14-10(13-9)4-5-11/h7-8,12H,3-6,11H2,1-2H3. The maximum Gasteiger partial charge on any atom is 0.0941 e. The molecule has 0 fully saturated rings. The van der Waals surface area contributed by atoms with Gasteiger partial charge in [0.2, 0.25) is 0 Å². The van der Waals surface area contributed by atoms with Gasteiger partial charge in [-0.15, -0.1) is 11.3 Å². The van der Waals surface area contributed by atoms with Crippen LogP contribution < -0.4 is 11.1 Å². The van der Waals surface area contributed by atoms with Gasteiger partial charge in [-0.05, 0) is 19.9 Å². The van der Waals surface area contributed by atoms with E-state index in [1.807, 2.05) is 0 Å². The molecule has 0 radical (unpaired) electrons. The zero-order chi connectivity index (χ0) is 10.4. The molecule has 0 amide bonds. The first kappa shape index (κ1) is 11.6. The lowest BCUT2D eigenvalue weighted by Crippen LogP contribution is -2.24. The summed E-state index contributed by atoms with van der Waals surface area (Å²) in [7, 11) is 0. The van der Waals surface area contributed by atoms with Gasteiger partial charge in [0.05, 0.1) is 10.7 Å². The average Bonchev–Trinajstić information content (AvgIpc) is 2.63. The average molecular weight is 213 g/mol. The van der Waals surface area contributed by atoms with Crippen molar-refractivity contribution in [2.24, 2.45) is 5.73 Å². The maximum absolute atomic E-state index is 5.46. The van der Waals surface area contributed by atoms with Crippen molar-refractivity contribution >= 4 is 11.3 Å². The highest BCUT2D eigenvalue weighted by molar-refractivity contribution is 7.09. The third-order valence-corrected chi connectivity index (χ3v) is 3.16. The molecule has 14 heavy (non-hydrogen) atoms. The van der Waals surface area contributed by atoms with E-state index in [1.54, 1.807) is 11.3 Å². The van der Waals surface area contributed by atoms with E-state index in [9.17, 15) is 0 Å². The summed E-state index contributed by atoms with van der Waals surface area (Å²) in [5.41, 5.74) is 6.60. The minimum Gasteiger partial charge on any atom is -0.330 e. The van der Waals surface area contributed by atoms with Crippen molar-refractivity contribution in [2.75, 3.05) is 6.54 Å². The monoisotopic (exact) mass is 213 g/mol. The molecule has 1 rings (SSSR count). The van der Waals surface area contributed by atoms with Crippen molar-refractivity contribution < 1.29 is 0 Å². The Hall–Kier alpha value is -0.450. The van der Waals surface area contributed by atoms with Gasteiger partial charge in [-0.1, -0.05) is 6.92 Å². The number of rotatable bonds is 6. The molecule has 0 aliphatic carbocycles. The molecule has 1 aromatic rings. The molecule has 3 N–H and O–H groups in total. The maximum atomic E-state index is 5.46. The minimum atomic E-state index is 0.564. The van der Waals surface area contributed by atoms with Crippen molar-refractivity contribution in [1.29, 1.82) is 0 Å². The first-order chi connectivity index (χ1) is 6.76. The SMILES string of the molecule is CCC(C)NCc1csc(CCN)n1. The van der Waals surface area contributed by atoms with Crippen LogP contribution in [0.4, 0.5) is 0 Å². The number of nitrogens with zero attached hydrogens (tertiary/aromatic N) is 1. The van der Waals surface area contributed by atoms with Crippen molar-refractivity contribution in [3.05, 3.63) is 16.1 Å². The predicted molar refractivity (Wildman–Crippen MR) is 61.5 cm³/mol. The third kappa shape index (κ3) is 3.74. The van der Waals surface area contributed by atoms with Gasteiger partial charge in [0.25, 0.3) is 0 Å². The zero-order valence-corrected chi connectivity index (χ0v) is 9.73. The largest absolute Gasteiger partial charge is 0.330 e. The number of hydrogen-bond donors (Lipinski definition) is 2. The highest BCUT2D eigenvalue weighted by Crippen LogP contribution is 2.09. The van der Waals surface area contributed by atoms with Crippen LogP contribution in [0.15, 0.2) is 5.38 Å². The molecular weight excluding hydrogens is 194 g/mol. The van der Waals surface area contributed by atoms with Crippen molar-refractivity contribution in [3.8, 4) is 0 Å². The van der Waals surface area contributed by atoms with Gasteiger partial charge in [0, 0.05) is 24.4 Å². The smallest absolute Gasteiger partial charge is 0.0941 e. The number of hydrogen-bond acceptors (Lipinski definition) is 4. The van der Waals surface area contributed by atoms with Crippen LogP contribution in [-0.4, -0.2) is 17.6 Å². The lowest BCUT2D eigenvalue weighted by Gasteiger charge is -2.08. The van der Waals surface area contributed by atoms with E-state index >= 15 is 0 Å². The second-order valence-corrected chi connectivity index (χ2v) is 4.40. The molecule has 1 heterocycles. The molecule has 3 nitrogen and oxygen atoms in total. The van der Waals surface area contributed by atoms with E-state index in [4.69, 9.17) is 5.73 Å². The van der Waals surface area contributed by atoms with Gasteiger partial charge >= 0.3 is 0 Å². The summed E-state index contributed by atoms with van der Waals surface area (Å²) in [5, 5.41) is 6.68. The Kier molecular flexibility index (Phi) is 5.07. The molecule has 4 heteroatoms. The molecule has 0 aliphatic rings. The van der Waals surface area contributed by atoms with Crippen LogP contribution in [-0.2, 0) is 13.0 Å². The molecule has 80 valence electrons. The molecule has 0 saturated carbocycles. The van der Waals surface area contributed by atoms with Gasteiger partial charge in [-0.25, -0.2) is 4.98 Å². The van der Waals surface area contributed by atoms with Crippen LogP contribution in [0.2, 0.25) is 0 Å². The second-order valence-electron chi connectivity index (χ2n) is 3.46. The highest BCUT2D eigenvalue weighted by atomic mass is 32.1. The third-order valence-electron chi connectivity index (χ3n) is 2.20. The van der Waals surface area contributed by atoms with Crippen molar-refractivity contribution in [1.82, 2.24) is 10.3 Å². The lowest BCUT2D eigenvalue weighted by molar-refractivity contribution is 0.529. The Morgan fingerprint density at radius 2 is 2.43 bits per heavy atom. The van der Waals surface area contributed by atoms with E-state index in [2.05, 4.69) is 29.5 Å². The Balaban J connectivity index is 2.35. The van der Waals surface area contributed by atoms with Crippen LogP contribution >= 0.6 is 11.3 Å². The highest BCUT2D eigenvalue weighted by Gasteiger charge is 2.02. The van der Waals surface area contributed by atoms with Crippen LogP contribution in [0.5, 0.6) is 0 Å². The lowest BCUT2D eigenvalue weighted by atomic mass is 10.2. The summed E-state index contributed by atoms with van der Waals surface area (Å²) < 4.78 is 0. The summed E-state index contributed by atoms with van der Waals surface area (Å²) in [6, 6.07) is 0.564. The number of nitrogens with one attached hydrogen (secondary N) is 1. The van der Waals surface area contributed by atoms with Gasteiger partial charge in [0.1, 0.15) is 0 Å². The minimum absolute atomic E-state index is 0.564. The fourth-order valence-electron chi connectivity index (χ4n) is 1.09. The van der Waals surface area contributed by atoms with Gasteiger partial charge < -0.3 is 11.1 Å². The van der Waals surface area contributed by atoms with E-state index in [0.29, 0.717) is 12.6 Å². The fraction of sp³-hybridized carbons (Fsp3) is 0.700. The Bertz CT molecular complexity index is 260. The molecule has 1 aromatic heterocycles. The molecule has 1 unspecified atom stereocenters. The van der Waals surface area contributed by atoms with Gasteiger partial charge in [-0.2, -0.15) is 0 Å². The van der Waals surface area contributed by atoms with E-state index in [-0.39, 0.29) is 0 Å². The molecule has 1 atom stereocenters. The first-order valence-corrected chi connectivity index (χ1v) is 6.01. The topological polar surface area (TPSA) is 50.9 Å². The number of nitrogens with two attached hydrogens (primary N) is 1. The summed E-state index contributed by atoms with van der Waals surface area (Å²) >= 11 is 1.70. The molecule has 0 aromatic carbocycles. The van der Waals surface area contributed by atoms with E-state index in [1.165, 1.54) is 0 Å². The van der Waals surface area contributed by atoms with E-state index in [0.717, 1.165) is 30.1 Å². The predicted octanol–water partition coefficient (Wildman–Crippen LogP) is 1.53. The van der Waals surface area contributed by atoms with Crippen molar-refractivity contribution in [2.45, 2.75) is 39.3 Å². The molecule has 0 spiro atoms. The normalized spacial score (nSPS) is 13.1. The summed E-state index contributed by atoms with van der Waals surface area (Å²) in [6.45, 7) is 5.92. The Morgan fingerprint density at radius 1 is 1.64 bits per heavy atom. The Morgan fingerprint density at radius 3 is 3.07 bits per heavy atom. The fourth-order valence-corrected chi connectivity index (χ4v) is 1.91. The quantitative estimate of drug-likeness (QED) is 0.753. The van der Waals surface area contributed by atoms with Gasteiger partial charge in [-0.3, -0.25) is 0 Å². The molecular formula is C10H19N3S. The summed E-state index contributed by atoms with van der Waals surface area (Å²) in [5.74, 6) is 0. The number of aromatic nitrogens is 1. The van der Waals surface area contributed by atoms with Gasteiger partial charge in [0.15, 0.2) is 0 Å².